The lowest BCUT2D eigenvalue weighted by molar-refractivity contribution is -0.387. The van der Waals surface area contributed by atoms with E-state index in [0.717, 1.165) is 24.3 Å². The number of benzene rings is 2. The van der Waals surface area contributed by atoms with Gasteiger partial charge in [0.2, 0.25) is 11.7 Å². The molecule has 2 aromatic rings. The van der Waals surface area contributed by atoms with Crippen molar-refractivity contribution in [2.75, 3.05) is 5.32 Å². The van der Waals surface area contributed by atoms with Crippen molar-refractivity contribution in [3.05, 3.63) is 74.8 Å². The molecule has 2 rings (SSSR count). The zero-order valence-corrected chi connectivity index (χ0v) is 12.2. The lowest BCUT2D eigenvalue weighted by atomic mass is 10.2. The van der Waals surface area contributed by atoms with Crippen LogP contribution in [-0.4, -0.2) is 10.8 Å². The fourth-order valence-corrected chi connectivity index (χ4v) is 1.89. The van der Waals surface area contributed by atoms with Crippen molar-refractivity contribution >= 4 is 35.0 Å². The molecule has 0 atom stereocenters. The molecule has 1 amide bonds. The molecule has 0 aliphatic rings. The highest BCUT2D eigenvalue weighted by Gasteiger charge is 2.14. The van der Waals surface area contributed by atoms with Crippen molar-refractivity contribution in [1.82, 2.24) is 0 Å². The molecule has 2 aromatic carbocycles. The van der Waals surface area contributed by atoms with E-state index in [0.29, 0.717) is 5.56 Å². The maximum Gasteiger partial charge on any atom is 0.306 e. The summed E-state index contributed by atoms with van der Waals surface area (Å²) in [7, 11) is 0. The first-order valence-corrected chi connectivity index (χ1v) is 6.62. The van der Waals surface area contributed by atoms with E-state index in [-0.39, 0.29) is 10.7 Å². The third-order valence-electron chi connectivity index (χ3n) is 2.78. The number of hydrogen-bond acceptors (Lipinski definition) is 3. The minimum Gasteiger partial charge on any atom is -0.322 e. The first-order chi connectivity index (χ1) is 10.9. The van der Waals surface area contributed by atoms with Crippen molar-refractivity contribution in [2.24, 2.45) is 0 Å². The average molecular weight is 339 g/mol. The molecular formula is C15H9ClF2N2O3. The smallest absolute Gasteiger partial charge is 0.306 e. The van der Waals surface area contributed by atoms with Crippen LogP contribution in [0.5, 0.6) is 0 Å². The van der Waals surface area contributed by atoms with Gasteiger partial charge in [-0.3, -0.25) is 14.9 Å². The summed E-state index contributed by atoms with van der Waals surface area (Å²) in [5.41, 5.74) is -0.168. The highest BCUT2D eigenvalue weighted by Crippen LogP contribution is 2.21. The summed E-state index contributed by atoms with van der Waals surface area (Å²) < 4.78 is 26.2. The normalized spacial score (nSPS) is 10.7. The molecule has 0 bridgehead atoms. The van der Waals surface area contributed by atoms with Gasteiger partial charge in [-0.1, -0.05) is 17.7 Å². The van der Waals surface area contributed by atoms with Crippen LogP contribution in [0.4, 0.5) is 20.2 Å². The van der Waals surface area contributed by atoms with Crippen molar-refractivity contribution in [3.63, 3.8) is 0 Å². The van der Waals surface area contributed by atoms with Gasteiger partial charge in [-0.2, -0.15) is 4.39 Å². The van der Waals surface area contributed by atoms with Gasteiger partial charge in [0.1, 0.15) is 5.82 Å². The molecule has 0 radical (unpaired) electrons. The van der Waals surface area contributed by atoms with Gasteiger partial charge in [0, 0.05) is 17.8 Å². The minimum atomic E-state index is -0.996. The Morgan fingerprint density at radius 3 is 2.52 bits per heavy atom. The van der Waals surface area contributed by atoms with Crippen LogP contribution in [0.1, 0.15) is 5.56 Å². The summed E-state index contributed by atoms with van der Waals surface area (Å²) in [4.78, 5) is 21.5. The molecular weight excluding hydrogens is 330 g/mol. The predicted molar refractivity (Wildman–Crippen MR) is 82.1 cm³/mol. The molecule has 5 nitrogen and oxygen atoms in total. The van der Waals surface area contributed by atoms with Gasteiger partial charge < -0.3 is 5.32 Å². The number of hydrogen-bond donors (Lipinski definition) is 1. The Hall–Kier alpha value is -2.80. The van der Waals surface area contributed by atoms with Crippen molar-refractivity contribution in [2.45, 2.75) is 0 Å². The number of nitrogens with zero attached hydrogens (tertiary/aromatic N) is 1. The summed E-state index contributed by atoms with van der Waals surface area (Å²) >= 11 is 5.61. The number of anilines is 1. The van der Waals surface area contributed by atoms with E-state index in [1.165, 1.54) is 24.3 Å². The van der Waals surface area contributed by atoms with Crippen LogP contribution in [0.15, 0.2) is 42.5 Å². The third-order valence-corrected chi connectivity index (χ3v) is 3.07. The second-order valence-electron chi connectivity index (χ2n) is 4.42. The molecule has 0 saturated heterocycles. The molecule has 0 aromatic heterocycles. The van der Waals surface area contributed by atoms with E-state index in [4.69, 9.17) is 11.6 Å². The van der Waals surface area contributed by atoms with Gasteiger partial charge in [-0.15, -0.1) is 0 Å². The standard InChI is InChI=1S/C15H9ClF2N2O3/c16-11-7-9(1-4-12(11)17)2-6-15(21)19-10-3-5-13(18)14(8-10)20(22)23/h1-8H,(H,19,21)/b6-2+. The topological polar surface area (TPSA) is 72.2 Å². The Morgan fingerprint density at radius 2 is 1.87 bits per heavy atom. The van der Waals surface area contributed by atoms with E-state index in [9.17, 15) is 23.7 Å². The Labute approximate surface area is 134 Å². The van der Waals surface area contributed by atoms with Crippen molar-refractivity contribution < 1.29 is 18.5 Å². The van der Waals surface area contributed by atoms with Crippen LogP contribution < -0.4 is 5.32 Å². The second-order valence-corrected chi connectivity index (χ2v) is 4.83. The summed E-state index contributed by atoms with van der Waals surface area (Å²) in [6.07, 6.45) is 2.53. The zero-order chi connectivity index (χ0) is 17.0. The van der Waals surface area contributed by atoms with Gasteiger partial charge >= 0.3 is 5.69 Å². The number of rotatable bonds is 4. The van der Waals surface area contributed by atoms with Crippen LogP contribution in [0.25, 0.3) is 6.08 Å². The molecule has 0 aliphatic carbocycles. The van der Waals surface area contributed by atoms with Gasteiger partial charge in [0.15, 0.2) is 0 Å². The molecule has 23 heavy (non-hydrogen) atoms. The summed E-state index contributed by atoms with van der Waals surface area (Å²) in [5.74, 6) is -2.16. The number of carbonyl (C=O) groups excluding carboxylic acids is 1. The Kier molecular flexibility index (Phi) is 5.02. The summed E-state index contributed by atoms with van der Waals surface area (Å²) in [5, 5.41) is 12.9. The maximum absolute atomic E-state index is 13.2. The monoisotopic (exact) mass is 338 g/mol. The number of nitro groups is 1. The fraction of sp³-hybridized carbons (Fsp3) is 0. The molecule has 1 N–H and O–H groups in total. The zero-order valence-electron chi connectivity index (χ0n) is 11.4. The van der Waals surface area contributed by atoms with E-state index in [2.05, 4.69) is 5.32 Å². The van der Waals surface area contributed by atoms with E-state index in [1.807, 2.05) is 0 Å². The summed E-state index contributed by atoms with van der Waals surface area (Å²) in [6.45, 7) is 0. The number of halogens is 3. The van der Waals surface area contributed by atoms with Crippen LogP contribution in [0.3, 0.4) is 0 Å². The van der Waals surface area contributed by atoms with Gasteiger partial charge in [-0.25, -0.2) is 4.39 Å². The predicted octanol–water partition coefficient (Wildman–Crippen LogP) is 4.18. The maximum atomic E-state index is 13.2. The second kappa shape index (κ2) is 6.97. The van der Waals surface area contributed by atoms with Crippen LogP contribution >= 0.6 is 11.6 Å². The Balaban J connectivity index is 2.10. The van der Waals surface area contributed by atoms with Crippen molar-refractivity contribution in [3.8, 4) is 0 Å². The SMILES string of the molecule is O=C(/C=C/c1ccc(F)c(Cl)c1)Nc1ccc(F)c([N+](=O)[O-])c1. The minimum absolute atomic E-state index is 0.0740. The number of nitrogens with one attached hydrogen (secondary N) is 1. The Bertz CT molecular complexity index is 809. The lowest BCUT2D eigenvalue weighted by Crippen LogP contribution is -2.08. The fourth-order valence-electron chi connectivity index (χ4n) is 1.70. The molecule has 8 heteroatoms. The van der Waals surface area contributed by atoms with E-state index < -0.39 is 28.2 Å². The third kappa shape index (κ3) is 4.33. The van der Waals surface area contributed by atoms with Crippen LogP contribution in [0, 0.1) is 21.7 Å². The number of nitro benzene ring substituents is 1. The van der Waals surface area contributed by atoms with Gasteiger partial charge in [0.25, 0.3) is 0 Å². The van der Waals surface area contributed by atoms with Gasteiger partial charge in [-0.05, 0) is 35.9 Å². The molecule has 0 spiro atoms. The molecule has 0 aliphatic heterocycles. The highest BCUT2D eigenvalue weighted by molar-refractivity contribution is 6.30. The molecule has 0 unspecified atom stereocenters. The molecule has 0 heterocycles. The van der Waals surface area contributed by atoms with E-state index in [1.54, 1.807) is 0 Å². The first kappa shape index (κ1) is 16.6. The first-order valence-electron chi connectivity index (χ1n) is 6.25. The number of amides is 1. The summed E-state index contributed by atoms with van der Waals surface area (Å²) in [6, 6.07) is 6.91. The van der Waals surface area contributed by atoms with Crippen LogP contribution in [-0.2, 0) is 4.79 Å². The Morgan fingerprint density at radius 1 is 1.17 bits per heavy atom. The average Bonchev–Trinajstić information content (AvgIpc) is 2.50. The molecule has 118 valence electrons. The molecule has 0 saturated carbocycles. The quantitative estimate of drug-likeness (QED) is 0.516. The highest BCUT2D eigenvalue weighted by atomic mass is 35.5. The molecule has 0 fully saturated rings. The van der Waals surface area contributed by atoms with Crippen molar-refractivity contribution in [1.29, 1.82) is 0 Å². The van der Waals surface area contributed by atoms with Crippen LogP contribution in [0.2, 0.25) is 5.02 Å². The van der Waals surface area contributed by atoms with E-state index >= 15 is 0 Å². The largest absolute Gasteiger partial charge is 0.322 e. The lowest BCUT2D eigenvalue weighted by Gasteiger charge is -2.02. The van der Waals surface area contributed by atoms with Gasteiger partial charge in [0.05, 0.1) is 9.95 Å². The number of carbonyl (C=O) groups is 1.